The minimum Gasteiger partial charge on any atom is -0.493 e. The van der Waals surface area contributed by atoms with Gasteiger partial charge in [-0.15, -0.1) is 0 Å². The summed E-state index contributed by atoms with van der Waals surface area (Å²) in [5.74, 6) is 0.993. The van der Waals surface area contributed by atoms with E-state index in [2.05, 4.69) is 10.6 Å². The van der Waals surface area contributed by atoms with Crippen molar-refractivity contribution in [2.24, 2.45) is 0 Å². The molecule has 2 aromatic carbocycles. The predicted octanol–water partition coefficient (Wildman–Crippen LogP) is 1.92. The molecule has 0 saturated carbocycles. The van der Waals surface area contributed by atoms with Gasteiger partial charge in [-0.05, 0) is 35.4 Å². The first kappa shape index (κ1) is 18.3. The van der Waals surface area contributed by atoms with Crippen molar-refractivity contribution in [2.75, 3.05) is 21.3 Å². The van der Waals surface area contributed by atoms with Crippen molar-refractivity contribution >= 4 is 11.8 Å². The molecule has 2 aromatic rings. The van der Waals surface area contributed by atoms with Gasteiger partial charge >= 0.3 is 0 Å². The van der Waals surface area contributed by atoms with E-state index < -0.39 is 0 Å². The highest BCUT2D eigenvalue weighted by Gasteiger charge is 2.09. The Bertz CT molecular complexity index is 742. The Kier molecular flexibility index (Phi) is 6.39. The topological polar surface area (TPSA) is 76.7 Å². The summed E-state index contributed by atoms with van der Waals surface area (Å²) in [5, 5.41) is 5.43. The summed E-state index contributed by atoms with van der Waals surface area (Å²) in [4.78, 5) is 23.6. The van der Waals surface area contributed by atoms with Gasteiger partial charge in [0.1, 0.15) is 0 Å². The molecule has 2 amide bonds. The highest BCUT2D eigenvalue weighted by molar-refractivity contribution is 5.93. The molecule has 0 bridgehead atoms. The molecule has 6 heteroatoms. The first-order chi connectivity index (χ1) is 12.1. The second kappa shape index (κ2) is 8.73. The van der Waals surface area contributed by atoms with Crippen LogP contribution in [0.1, 0.15) is 21.5 Å². The number of carbonyl (C=O) groups excluding carboxylic acids is 2. The number of hydrogen-bond donors (Lipinski definition) is 2. The Morgan fingerprint density at radius 1 is 0.920 bits per heavy atom. The summed E-state index contributed by atoms with van der Waals surface area (Å²) in [6.07, 6.45) is 0.247. The van der Waals surface area contributed by atoms with Crippen LogP contribution < -0.4 is 20.1 Å². The van der Waals surface area contributed by atoms with E-state index in [1.54, 1.807) is 45.5 Å². The Balaban J connectivity index is 1.91. The molecular weight excluding hydrogens is 320 g/mol. The van der Waals surface area contributed by atoms with Gasteiger partial charge in [-0.1, -0.05) is 18.2 Å². The molecule has 0 aliphatic rings. The molecule has 0 fully saturated rings. The van der Waals surface area contributed by atoms with Crippen molar-refractivity contribution in [1.82, 2.24) is 10.6 Å². The largest absolute Gasteiger partial charge is 0.493 e. The predicted molar refractivity (Wildman–Crippen MR) is 94.9 cm³/mol. The van der Waals surface area contributed by atoms with E-state index in [1.807, 2.05) is 18.2 Å². The molecule has 0 aliphatic heterocycles. The SMILES string of the molecule is CNC(=O)c1ccc(CNC(=O)Cc2ccc(OC)c(OC)c2)cc1. The molecule has 2 rings (SSSR count). The number of hydrogen-bond acceptors (Lipinski definition) is 4. The number of amides is 2. The third-order valence-corrected chi connectivity index (χ3v) is 3.75. The summed E-state index contributed by atoms with van der Waals surface area (Å²) >= 11 is 0. The van der Waals surface area contributed by atoms with Crippen LogP contribution in [0.25, 0.3) is 0 Å². The molecule has 132 valence electrons. The monoisotopic (exact) mass is 342 g/mol. The first-order valence-electron chi connectivity index (χ1n) is 7.86. The van der Waals surface area contributed by atoms with Crippen molar-refractivity contribution in [3.8, 4) is 11.5 Å². The maximum absolute atomic E-state index is 12.1. The zero-order valence-electron chi connectivity index (χ0n) is 14.6. The zero-order chi connectivity index (χ0) is 18.2. The normalized spacial score (nSPS) is 10.0. The van der Waals surface area contributed by atoms with Crippen molar-refractivity contribution < 1.29 is 19.1 Å². The second-order valence-corrected chi connectivity index (χ2v) is 5.42. The summed E-state index contributed by atoms with van der Waals surface area (Å²) in [6, 6.07) is 12.5. The molecule has 0 radical (unpaired) electrons. The lowest BCUT2D eigenvalue weighted by molar-refractivity contribution is -0.120. The molecule has 0 atom stereocenters. The Hall–Kier alpha value is -3.02. The summed E-state index contributed by atoms with van der Waals surface area (Å²) in [5.41, 5.74) is 2.35. The molecule has 0 heterocycles. The van der Waals surface area contributed by atoms with Gasteiger partial charge in [-0.2, -0.15) is 0 Å². The number of rotatable bonds is 7. The highest BCUT2D eigenvalue weighted by atomic mass is 16.5. The fraction of sp³-hybridized carbons (Fsp3) is 0.263. The van der Waals surface area contributed by atoms with E-state index in [4.69, 9.17) is 9.47 Å². The van der Waals surface area contributed by atoms with E-state index in [0.717, 1.165) is 11.1 Å². The fourth-order valence-corrected chi connectivity index (χ4v) is 2.36. The summed E-state index contributed by atoms with van der Waals surface area (Å²) in [6.45, 7) is 0.403. The van der Waals surface area contributed by atoms with Crippen LogP contribution in [-0.4, -0.2) is 33.1 Å². The maximum atomic E-state index is 12.1. The molecule has 0 aromatic heterocycles. The lowest BCUT2D eigenvalue weighted by atomic mass is 10.1. The van der Waals surface area contributed by atoms with Crippen LogP contribution in [0.2, 0.25) is 0 Å². The van der Waals surface area contributed by atoms with Gasteiger partial charge in [0.15, 0.2) is 11.5 Å². The molecule has 0 saturated heterocycles. The number of ether oxygens (including phenoxy) is 2. The van der Waals surface area contributed by atoms with E-state index in [0.29, 0.717) is 23.6 Å². The standard InChI is InChI=1S/C19H22N2O4/c1-20-19(23)15-7-4-13(5-8-15)12-21-18(22)11-14-6-9-16(24-2)17(10-14)25-3/h4-10H,11-12H2,1-3H3,(H,20,23)(H,21,22). The third-order valence-electron chi connectivity index (χ3n) is 3.75. The van der Waals surface area contributed by atoms with E-state index in [-0.39, 0.29) is 18.2 Å². The van der Waals surface area contributed by atoms with Crippen molar-refractivity contribution in [3.63, 3.8) is 0 Å². The van der Waals surface area contributed by atoms with Crippen LogP contribution in [-0.2, 0) is 17.8 Å². The van der Waals surface area contributed by atoms with Crippen LogP contribution in [0.3, 0.4) is 0 Å². The van der Waals surface area contributed by atoms with Crippen molar-refractivity contribution in [3.05, 3.63) is 59.2 Å². The molecular formula is C19H22N2O4. The maximum Gasteiger partial charge on any atom is 0.251 e. The van der Waals surface area contributed by atoms with Gasteiger partial charge in [-0.25, -0.2) is 0 Å². The average Bonchev–Trinajstić information content (AvgIpc) is 2.66. The lowest BCUT2D eigenvalue weighted by Crippen LogP contribution is -2.24. The number of carbonyl (C=O) groups is 2. The van der Waals surface area contributed by atoms with E-state index in [9.17, 15) is 9.59 Å². The molecule has 6 nitrogen and oxygen atoms in total. The van der Waals surface area contributed by atoms with Gasteiger partial charge in [0.2, 0.25) is 5.91 Å². The number of benzene rings is 2. The Morgan fingerprint density at radius 3 is 2.16 bits per heavy atom. The van der Waals surface area contributed by atoms with Crippen LogP contribution in [0.4, 0.5) is 0 Å². The molecule has 25 heavy (non-hydrogen) atoms. The summed E-state index contributed by atoms with van der Waals surface area (Å²) < 4.78 is 10.4. The van der Waals surface area contributed by atoms with Gasteiger partial charge < -0.3 is 20.1 Å². The third kappa shape index (κ3) is 4.97. The quantitative estimate of drug-likeness (QED) is 0.806. The Morgan fingerprint density at radius 2 is 1.56 bits per heavy atom. The van der Waals surface area contributed by atoms with E-state index in [1.165, 1.54) is 0 Å². The molecule has 0 unspecified atom stereocenters. The molecule has 0 aliphatic carbocycles. The van der Waals surface area contributed by atoms with Crippen LogP contribution in [0, 0.1) is 0 Å². The Labute approximate surface area is 147 Å². The number of nitrogens with one attached hydrogen (secondary N) is 2. The van der Waals surface area contributed by atoms with Gasteiger partial charge in [0.25, 0.3) is 5.91 Å². The smallest absolute Gasteiger partial charge is 0.251 e. The number of methoxy groups -OCH3 is 2. The van der Waals surface area contributed by atoms with Crippen molar-refractivity contribution in [2.45, 2.75) is 13.0 Å². The van der Waals surface area contributed by atoms with Gasteiger partial charge in [0.05, 0.1) is 20.6 Å². The minimum absolute atomic E-state index is 0.0948. The van der Waals surface area contributed by atoms with Gasteiger partial charge in [0, 0.05) is 19.2 Å². The van der Waals surface area contributed by atoms with Crippen LogP contribution >= 0.6 is 0 Å². The van der Waals surface area contributed by atoms with E-state index >= 15 is 0 Å². The minimum atomic E-state index is -0.135. The second-order valence-electron chi connectivity index (χ2n) is 5.42. The zero-order valence-corrected chi connectivity index (χ0v) is 14.6. The fourth-order valence-electron chi connectivity index (χ4n) is 2.36. The van der Waals surface area contributed by atoms with Crippen LogP contribution in [0.5, 0.6) is 11.5 Å². The highest BCUT2D eigenvalue weighted by Crippen LogP contribution is 2.27. The lowest BCUT2D eigenvalue weighted by Gasteiger charge is -2.10. The average molecular weight is 342 g/mol. The van der Waals surface area contributed by atoms with Crippen molar-refractivity contribution in [1.29, 1.82) is 0 Å². The van der Waals surface area contributed by atoms with Crippen LogP contribution in [0.15, 0.2) is 42.5 Å². The molecule has 2 N–H and O–H groups in total. The van der Waals surface area contributed by atoms with Gasteiger partial charge in [-0.3, -0.25) is 9.59 Å². The summed E-state index contributed by atoms with van der Waals surface area (Å²) in [7, 11) is 4.72. The first-order valence-corrected chi connectivity index (χ1v) is 7.86. The molecule has 0 spiro atoms.